The fraction of sp³-hybridized carbons (Fsp3) is 0.692. The Bertz CT molecular complexity index is 738. The lowest BCUT2D eigenvalue weighted by molar-refractivity contribution is 0.0862. The monoisotopic (exact) mass is 412 g/mol. The average molecular weight is 413 g/mol. The molecule has 3 fully saturated rings. The lowest BCUT2D eigenvalue weighted by Gasteiger charge is -2.44. The van der Waals surface area contributed by atoms with Gasteiger partial charge in [-0.25, -0.2) is 0 Å². The van der Waals surface area contributed by atoms with Crippen LogP contribution in [0.25, 0.3) is 0 Å². The summed E-state index contributed by atoms with van der Waals surface area (Å²) in [5, 5.41) is 20.1. The van der Waals surface area contributed by atoms with E-state index in [1.54, 1.807) is 5.57 Å². The van der Waals surface area contributed by atoms with Gasteiger partial charge in [0.2, 0.25) is 0 Å². The van der Waals surface area contributed by atoms with Crippen LogP contribution >= 0.6 is 0 Å². The maximum absolute atomic E-state index is 10.1. The lowest BCUT2D eigenvalue weighted by Crippen LogP contribution is -2.35. The summed E-state index contributed by atoms with van der Waals surface area (Å²) in [4.78, 5) is 0. The summed E-state index contributed by atoms with van der Waals surface area (Å²) in [5.41, 5.74) is 7.25. The molecule has 3 aliphatic rings. The highest BCUT2D eigenvalue weighted by Crippen LogP contribution is 2.59. The van der Waals surface area contributed by atoms with Crippen LogP contribution in [0.15, 0.2) is 35.5 Å². The minimum atomic E-state index is -0.778. The fourth-order valence-electron chi connectivity index (χ4n) is 6.25. The summed E-state index contributed by atoms with van der Waals surface area (Å²) in [7, 11) is -0.778. The third-order valence-corrected chi connectivity index (χ3v) is 8.59. The Balaban J connectivity index is 1.76. The molecule has 160 valence electrons. The van der Waals surface area contributed by atoms with Gasteiger partial charge in [-0.05, 0) is 72.8 Å². The van der Waals surface area contributed by atoms with E-state index in [4.69, 9.17) is 0 Å². The zero-order chi connectivity index (χ0) is 21.2. The van der Waals surface area contributed by atoms with Gasteiger partial charge in [-0.1, -0.05) is 51.2 Å². The van der Waals surface area contributed by atoms with Crippen LogP contribution in [0.4, 0.5) is 0 Å². The third kappa shape index (κ3) is 4.98. The minimum absolute atomic E-state index is 0.390. The average Bonchev–Trinajstić information content (AvgIpc) is 3.00. The Hall–Kier alpha value is -1.08. The summed E-state index contributed by atoms with van der Waals surface area (Å²) in [5.74, 6) is 5.60. The van der Waals surface area contributed by atoms with Gasteiger partial charge in [0.15, 0.2) is 0 Å². The molecule has 2 N–H and O–H groups in total. The van der Waals surface area contributed by atoms with Crippen LogP contribution in [0.3, 0.4) is 0 Å². The van der Waals surface area contributed by atoms with Crippen LogP contribution in [0, 0.1) is 34.6 Å². The molecule has 3 heteroatoms. The molecule has 0 aliphatic heterocycles. The summed E-state index contributed by atoms with van der Waals surface area (Å²) < 4.78 is 0. The van der Waals surface area contributed by atoms with Crippen molar-refractivity contribution in [2.45, 2.75) is 90.5 Å². The Morgan fingerprint density at radius 2 is 2.03 bits per heavy atom. The van der Waals surface area contributed by atoms with Crippen molar-refractivity contribution < 1.29 is 10.2 Å². The molecule has 0 aromatic heterocycles. The van der Waals surface area contributed by atoms with Crippen molar-refractivity contribution in [3.05, 3.63) is 35.5 Å². The predicted molar refractivity (Wildman–Crippen MR) is 125 cm³/mol. The van der Waals surface area contributed by atoms with Crippen LogP contribution in [0.2, 0.25) is 13.1 Å². The highest BCUT2D eigenvalue weighted by Gasteiger charge is 2.50. The van der Waals surface area contributed by atoms with Crippen molar-refractivity contribution in [2.75, 3.05) is 0 Å². The molecule has 0 saturated heterocycles. The molecule has 3 saturated carbocycles. The molecule has 29 heavy (non-hydrogen) atoms. The highest BCUT2D eigenvalue weighted by molar-refractivity contribution is 6.64. The van der Waals surface area contributed by atoms with E-state index in [0.29, 0.717) is 30.1 Å². The van der Waals surface area contributed by atoms with E-state index in [0.717, 1.165) is 23.5 Å². The van der Waals surface area contributed by atoms with Gasteiger partial charge in [-0.2, -0.15) is 0 Å². The van der Waals surface area contributed by atoms with Crippen LogP contribution < -0.4 is 0 Å². The number of hydrogen-bond donors (Lipinski definition) is 2. The van der Waals surface area contributed by atoms with Gasteiger partial charge in [0.1, 0.15) is 8.80 Å². The maximum atomic E-state index is 10.1. The van der Waals surface area contributed by atoms with E-state index < -0.39 is 21.0 Å². The van der Waals surface area contributed by atoms with Crippen molar-refractivity contribution in [3.8, 4) is 11.5 Å². The molecule has 1 unspecified atom stereocenters. The Kier molecular flexibility index (Phi) is 7.30. The second-order valence-electron chi connectivity index (χ2n) is 10.3. The van der Waals surface area contributed by atoms with E-state index in [1.807, 2.05) is 0 Å². The molecule has 0 radical (unpaired) electrons. The molecule has 3 aliphatic carbocycles. The van der Waals surface area contributed by atoms with Crippen LogP contribution in [-0.4, -0.2) is 31.2 Å². The van der Waals surface area contributed by atoms with Crippen LogP contribution in [0.1, 0.15) is 65.2 Å². The molecule has 0 bridgehead atoms. The van der Waals surface area contributed by atoms with Crippen molar-refractivity contribution in [3.63, 3.8) is 0 Å². The first-order chi connectivity index (χ1) is 13.7. The smallest absolute Gasteiger partial charge is 0.116 e. The molecule has 2 nitrogen and oxygen atoms in total. The molecular formula is C26H40O2Si. The number of rotatable bonds is 3. The molecule has 0 heterocycles. The Labute approximate surface area is 179 Å². The molecular weight excluding hydrogens is 372 g/mol. The van der Waals surface area contributed by atoms with Crippen LogP contribution in [-0.2, 0) is 0 Å². The quantitative estimate of drug-likeness (QED) is 0.495. The number of fused-ring (bicyclic) bond motifs is 1. The Morgan fingerprint density at radius 1 is 1.28 bits per heavy atom. The molecule has 6 atom stereocenters. The molecule has 0 aromatic carbocycles. The molecule has 3 rings (SSSR count). The van der Waals surface area contributed by atoms with Gasteiger partial charge in [0.25, 0.3) is 0 Å². The summed E-state index contributed by atoms with van der Waals surface area (Å²) in [6.07, 6.45) is 11.9. The number of allylic oxidation sites excluding steroid dienone is 3. The number of aliphatic hydroxyl groups excluding tert-OH is 2. The summed E-state index contributed by atoms with van der Waals surface area (Å²) in [6.45, 7) is 13.6. The van der Waals surface area contributed by atoms with E-state index in [-0.39, 0.29) is 0 Å². The largest absolute Gasteiger partial charge is 0.393 e. The number of aliphatic hydroxyl groups is 2. The van der Waals surface area contributed by atoms with Gasteiger partial charge in [-0.3, -0.25) is 0 Å². The molecule has 0 aromatic rings. The van der Waals surface area contributed by atoms with Gasteiger partial charge < -0.3 is 10.2 Å². The lowest BCUT2D eigenvalue weighted by atomic mass is 9.61. The zero-order valence-corrected chi connectivity index (χ0v) is 20.0. The second-order valence-corrected chi connectivity index (χ2v) is 12.9. The third-order valence-electron chi connectivity index (χ3n) is 7.80. The molecule has 0 spiro atoms. The SMILES string of the molecule is C=C1/C(=C\C=C2/CCC[C@]3(C)[C@@H](C(C)CC#C[SiH](C)C)CC[C@@H]23)C[C@@H](O)C[C@@H]1O. The van der Waals surface area contributed by atoms with Crippen molar-refractivity contribution in [2.24, 2.45) is 23.2 Å². The van der Waals surface area contributed by atoms with Gasteiger partial charge in [0.05, 0.1) is 12.2 Å². The van der Waals surface area contributed by atoms with E-state index in [2.05, 4.69) is 57.1 Å². The summed E-state index contributed by atoms with van der Waals surface area (Å²) in [6, 6.07) is 0. The van der Waals surface area contributed by atoms with E-state index in [9.17, 15) is 10.2 Å². The minimum Gasteiger partial charge on any atom is -0.393 e. The van der Waals surface area contributed by atoms with Crippen LogP contribution in [0.5, 0.6) is 0 Å². The second kappa shape index (κ2) is 9.37. The predicted octanol–water partition coefficient (Wildman–Crippen LogP) is 5.18. The fourth-order valence-corrected chi connectivity index (χ4v) is 6.77. The summed E-state index contributed by atoms with van der Waals surface area (Å²) >= 11 is 0. The number of hydrogen-bond acceptors (Lipinski definition) is 2. The van der Waals surface area contributed by atoms with Crippen molar-refractivity contribution in [1.82, 2.24) is 0 Å². The maximum Gasteiger partial charge on any atom is 0.116 e. The topological polar surface area (TPSA) is 40.5 Å². The first kappa shape index (κ1) is 22.6. The normalized spacial score (nSPS) is 38.8. The standard InChI is InChI=1S/C26H40O2Si/c1-18(8-7-15-29(4)5)23-12-13-24-20(9-6-14-26(23,24)3)10-11-21-16-22(27)17-25(28)19(21)2/h10-11,18,22-25,27-29H,2,6,8-9,12-14,16-17H2,1,3-5H3/b20-10+,21-11-/t18?,22-,23-,24+,25+,26-/m1/s1. The first-order valence-corrected chi connectivity index (χ1v) is 14.5. The van der Waals surface area contributed by atoms with Gasteiger partial charge >= 0.3 is 0 Å². The van der Waals surface area contributed by atoms with Gasteiger partial charge in [0, 0.05) is 12.8 Å². The first-order valence-electron chi connectivity index (χ1n) is 11.7. The zero-order valence-electron chi connectivity index (χ0n) is 18.9. The highest BCUT2D eigenvalue weighted by atomic mass is 28.3. The molecule has 0 amide bonds. The Morgan fingerprint density at radius 3 is 2.76 bits per heavy atom. The van der Waals surface area contributed by atoms with E-state index >= 15 is 0 Å². The van der Waals surface area contributed by atoms with Crippen molar-refractivity contribution >= 4 is 8.80 Å². The van der Waals surface area contributed by atoms with Crippen molar-refractivity contribution in [1.29, 1.82) is 0 Å². The van der Waals surface area contributed by atoms with Gasteiger partial charge in [-0.15, -0.1) is 11.5 Å². The van der Waals surface area contributed by atoms with E-state index in [1.165, 1.54) is 32.1 Å².